The molecule has 0 aliphatic rings. The third-order valence-electron chi connectivity index (χ3n) is 3.74. The van der Waals surface area contributed by atoms with Crippen molar-refractivity contribution in [3.8, 4) is 5.75 Å². The second-order valence-electron chi connectivity index (χ2n) is 7.25. The van der Waals surface area contributed by atoms with E-state index >= 15 is 0 Å². The van der Waals surface area contributed by atoms with Crippen molar-refractivity contribution in [1.29, 1.82) is 0 Å². The Morgan fingerprint density at radius 1 is 1.21 bits per heavy atom. The molecule has 1 atom stereocenters. The van der Waals surface area contributed by atoms with E-state index in [0.717, 1.165) is 24.2 Å². The first-order valence-corrected chi connectivity index (χ1v) is 9.35. The van der Waals surface area contributed by atoms with Gasteiger partial charge in [-0.3, -0.25) is 4.99 Å². The molecule has 1 amide bonds. The van der Waals surface area contributed by atoms with Crippen LogP contribution in [-0.2, 0) is 11.3 Å². The zero-order valence-electron chi connectivity index (χ0n) is 17.8. The third kappa shape index (κ3) is 10.6. The number of rotatable bonds is 8. The van der Waals surface area contributed by atoms with Gasteiger partial charge < -0.3 is 25.4 Å². The first-order valence-electron chi connectivity index (χ1n) is 9.35. The summed E-state index contributed by atoms with van der Waals surface area (Å²) in [6.45, 7) is 8.77. The summed E-state index contributed by atoms with van der Waals surface area (Å²) in [6.07, 6.45) is 1.39. The fourth-order valence-electron chi connectivity index (χ4n) is 2.52. The summed E-state index contributed by atoms with van der Waals surface area (Å²) >= 11 is 0. The Morgan fingerprint density at radius 3 is 2.46 bits per heavy atom. The minimum Gasteiger partial charge on any atom is -0.496 e. The van der Waals surface area contributed by atoms with Crippen molar-refractivity contribution in [3.05, 3.63) is 29.8 Å². The molecule has 0 fully saturated rings. The molecule has 0 aliphatic carbocycles. The molecule has 1 unspecified atom stereocenters. The molecular weight excluding hydrogens is 471 g/mol. The molecular formula is C20H35IN4O3. The Bertz CT molecular complexity index is 618. The van der Waals surface area contributed by atoms with Crippen LogP contribution >= 0.6 is 24.0 Å². The molecule has 0 aliphatic heterocycles. The van der Waals surface area contributed by atoms with Crippen molar-refractivity contribution in [1.82, 2.24) is 16.0 Å². The number of methoxy groups -OCH3 is 1. The minimum absolute atomic E-state index is 0. The smallest absolute Gasteiger partial charge is 0.407 e. The Labute approximate surface area is 186 Å². The van der Waals surface area contributed by atoms with Crippen molar-refractivity contribution >= 4 is 36.0 Å². The van der Waals surface area contributed by atoms with E-state index in [1.807, 2.05) is 45.0 Å². The molecule has 160 valence electrons. The number of hydrogen-bond acceptors (Lipinski definition) is 4. The number of benzene rings is 1. The van der Waals surface area contributed by atoms with E-state index in [1.165, 1.54) is 0 Å². The van der Waals surface area contributed by atoms with Crippen molar-refractivity contribution in [3.63, 3.8) is 0 Å². The molecule has 0 heterocycles. The number of carbonyl (C=O) groups is 1. The summed E-state index contributed by atoms with van der Waals surface area (Å²) in [4.78, 5) is 16.3. The molecule has 1 aromatic carbocycles. The van der Waals surface area contributed by atoms with Crippen molar-refractivity contribution in [2.75, 3.05) is 20.7 Å². The lowest BCUT2D eigenvalue weighted by molar-refractivity contribution is 0.0502. The highest BCUT2D eigenvalue weighted by atomic mass is 127. The molecule has 0 radical (unpaired) electrons. The van der Waals surface area contributed by atoms with Crippen LogP contribution in [0.4, 0.5) is 4.79 Å². The van der Waals surface area contributed by atoms with Gasteiger partial charge in [-0.25, -0.2) is 4.79 Å². The van der Waals surface area contributed by atoms with E-state index in [1.54, 1.807) is 14.2 Å². The monoisotopic (exact) mass is 506 g/mol. The van der Waals surface area contributed by atoms with Gasteiger partial charge in [0.25, 0.3) is 0 Å². The standard InChI is InChI=1S/C20H34N4O3.HI/c1-7-10-16(24-19(25)27-20(2,3)4)14-23-18(21-5)22-13-15-11-8-9-12-17(15)26-6;/h8-9,11-12,16H,7,10,13-14H2,1-6H3,(H,24,25)(H2,21,22,23);1H. The lowest BCUT2D eigenvalue weighted by Gasteiger charge is -2.24. The van der Waals surface area contributed by atoms with Crippen LogP contribution in [0.1, 0.15) is 46.1 Å². The van der Waals surface area contributed by atoms with Crippen LogP contribution in [-0.4, -0.2) is 44.4 Å². The quantitative estimate of drug-likeness (QED) is 0.285. The summed E-state index contributed by atoms with van der Waals surface area (Å²) < 4.78 is 10.7. The van der Waals surface area contributed by atoms with Gasteiger partial charge in [-0.2, -0.15) is 0 Å². The average molecular weight is 506 g/mol. The van der Waals surface area contributed by atoms with E-state index in [9.17, 15) is 4.79 Å². The number of carbonyl (C=O) groups excluding carboxylic acids is 1. The number of nitrogens with zero attached hydrogens (tertiary/aromatic N) is 1. The first-order chi connectivity index (χ1) is 12.8. The maximum absolute atomic E-state index is 12.0. The van der Waals surface area contributed by atoms with Crippen LogP contribution in [0.3, 0.4) is 0 Å². The Kier molecular flexibility index (Phi) is 12.6. The summed E-state index contributed by atoms with van der Waals surface area (Å²) in [6, 6.07) is 7.79. The van der Waals surface area contributed by atoms with E-state index in [-0.39, 0.29) is 30.0 Å². The summed E-state index contributed by atoms with van der Waals surface area (Å²) in [5.74, 6) is 1.49. The molecule has 7 nitrogen and oxygen atoms in total. The maximum Gasteiger partial charge on any atom is 0.407 e. The number of halogens is 1. The van der Waals surface area contributed by atoms with Gasteiger partial charge in [-0.1, -0.05) is 31.5 Å². The number of alkyl carbamates (subject to hydrolysis) is 1. The van der Waals surface area contributed by atoms with Crippen LogP contribution < -0.4 is 20.7 Å². The van der Waals surface area contributed by atoms with Crippen LogP contribution in [0, 0.1) is 0 Å². The topological polar surface area (TPSA) is 84.0 Å². The Balaban J connectivity index is 0.00000729. The predicted octanol–water partition coefficient (Wildman–Crippen LogP) is 3.67. The molecule has 0 saturated heterocycles. The zero-order chi connectivity index (χ0) is 20.3. The van der Waals surface area contributed by atoms with Gasteiger partial charge >= 0.3 is 6.09 Å². The van der Waals surface area contributed by atoms with Gasteiger partial charge in [0.15, 0.2) is 5.96 Å². The van der Waals surface area contributed by atoms with Gasteiger partial charge in [0.05, 0.1) is 7.11 Å². The minimum atomic E-state index is -0.513. The number of amides is 1. The number of para-hydroxylation sites is 1. The number of guanidine groups is 1. The number of nitrogens with one attached hydrogen (secondary N) is 3. The van der Waals surface area contributed by atoms with Gasteiger partial charge in [0.2, 0.25) is 0 Å². The second-order valence-corrected chi connectivity index (χ2v) is 7.25. The maximum atomic E-state index is 12.0. The van der Waals surface area contributed by atoms with E-state index in [4.69, 9.17) is 9.47 Å². The second kappa shape index (κ2) is 13.5. The lowest BCUT2D eigenvalue weighted by Crippen LogP contribution is -2.48. The van der Waals surface area contributed by atoms with Crippen LogP contribution in [0.25, 0.3) is 0 Å². The molecule has 0 spiro atoms. The van der Waals surface area contributed by atoms with Gasteiger partial charge in [0, 0.05) is 31.7 Å². The largest absolute Gasteiger partial charge is 0.496 e. The predicted molar refractivity (Wildman–Crippen MR) is 125 cm³/mol. The van der Waals surface area contributed by atoms with E-state index < -0.39 is 11.7 Å². The molecule has 8 heteroatoms. The molecule has 3 N–H and O–H groups in total. The Hall–Kier alpha value is -1.71. The summed E-state index contributed by atoms with van der Waals surface area (Å²) in [7, 11) is 3.37. The van der Waals surface area contributed by atoms with Crippen molar-refractivity contribution in [2.45, 2.75) is 58.7 Å². The molecule has 1 aromatic rings. The third-order valence-corrected chi connectivity index (χ3v) is 3.74. The van der Waals surface area contributed by atoms with Crippen LogP contribution in [0.2, 0.25) is 0 Å². The number of ether oxygens (including phenoxy) is 2. The van der Waals surface area contributed by atoms with Crippen molar-refractivity contribution < 1.29 is 14.3 Å². The zero-order valence-corrected chi connectivity index (χ0v) is 20.1. The number of hydrogen-bond donors (Lipinski definition) is 3. The Morgan fingerprint density at radius 2 is 1.89 bits per heavy atom. The average Bonchev–Trinajstić information content (AvgIpc) is 2.60. The van der Waals surface area contributed by atoms with Crippen LogP contribution in [0.5, 0.6) is 5.75 Å². The molecule has 0 aromatic heterocycles. The van der Waals surface area contributed by atoms with Gasteiger partial charge in [-0.15, -0.1) is 24.0 Å². The highest BCUT2D eigenvalue weighted by Gasteiger charge is 2.19. The fraction of sp³-hybridized carbons (Fsp3) is 0.600. The SMILES string of the molecule is CCCC(CNC(=NC)NCc1ccccc1OC)NC(=O)OC(C)(C)C.I. The molecule has 0 bridgehead atoms. The summed E-state index contributed by atoms with van der Waals surface area (Å²) in [5.41, 5.74) is 0.528. The highest BCUT2D eigenvalue weighted by molar-refractivity contribution is 14.0. The number of aliphatic imine (C=N–C) groups is 1. The van der Waals surface area contributed by atoms with Crippen molar-refractivity contribution in [2.24, 2.45) is 4.99 Å². The highest BCUT2D eigenvalue weighted by Crippen LogP contribution is 2.16. The van der Waals surface area contributed by atoms with E-state index in [0.29, 0.717) is 19.0 Å². The fourth-order valence-corrected chi connectivity index (χ4v) is 2.52. The van der Waals surface area contributed by atoms with Crippen LogP contribution in [0.15, 0.2) is 29.3 Å². The molecule has 1 rings (SSSR count). The van der Waals surface area contributed by atoms with E-state index in [2.05, 4.69) is 27.9 Å². The lowest BCUT2D eigenvalue weighted by atomic mass is 10.1. The summed E-state index contributed by atoms with van der Waals surface area (Å²) in [5, 5.41) is 9.44. The molecule has 28 heavy (non-hydrogen) atoms. The first kappa shape index (κ1) is 26.3. The van der Waals surface area contributed by atoms with Gasteiger partial charge in [0.1, 0.15) is 11.4 Å². The normalized spacial score (nSPS) is 12.4. The van der Waals surface area contributed by atoms with Gasteiger partial charge in [-0.05, 0) is 33.3 Å². The molecule has 0 saturated carbocycles.